The summed E-state index contributed by atoms with van der Waals surface area (Å²) < 4.78 is 0. The predicted octanol–water partition coefficient (Wildman–Crippen LogP) is 4.97. The van der Waals surface area contributed by atoms with Crippen molar-refractivity contribution in [2.45, 2.75) is 54.4 Å². The van der Waals surface area contributed by atoms with Gasteiger partial charge < -0.3 is 0 Å². The molecule has 0 bridgehead atoms. The van der Waals surface area contributed by atoms with E-state index in [0.29, 0.717) is 10.8 Å². The number of hydrogen-bond acceptors (Lipinski definition) is 0. The van der Waals surface area contributed by atoms with Crippen molar-refractivity contribution in [3.8, 4) is 0 Å². The van der Waals surface area contributed by atoms with E-state index in [1.807, 2.05) is 0 Å². The van der Waals surface area contributed by atoms with Gasteiger partial charge in [-0.05, 0) is 42.4 Å². The van der Waals surface area contributed by atoms with Crippen LogP contribution in [0.2, 0.25) is 0 Å². The molecule has 0 saturated heterocycles. The summed E-state index contributed by atoms with van der Waals surface area (Å²) >= 11 is 0. The Hall–Kier alpha value is -0.520. The van der Waals surface area contributed by atoms with Gasteiger partial charge in [-0.1, -0.05) is 57.9 Å². The van der Waals surface area contributed by atoms with E-state index in [2.05, 4.69) is 53.7 Å². The van der Waals surface area contributed by atoms with Crippen LogP contribution in [0.1, 0.15) is 54.4 Å². The lowest BCUT2D eigenvalue weighted by Gasteiger charge is -2.53. The lowest BCUT2D eigenvalue weighted by Crippen LogP contribution is -2.43. The SMILES string of the molecule is CC1=CCC2C(=C1)C(C)(C)C(C)CC2(C)C. The molecule has 0 heteroatoms. The molecule has 2 aliphatic rings. The molecule has 0 amide bonds. The largest absolute Gasteiger partial charge is 0.0810 e. The highest BCUT2D eigenvalue weighted by atomic mass is 14.5. The first kappa shape index (κ1) is 12.0. The van der Waals surface area contributed by atoms with Crippen LogP contribution in [0.3, 0.4) is 0 Å². The molecule has 0 N–H and O–H groups in total. The van der Waals surface area contributed by atoms with Gasteiger partial charge in [-0.3, -0.25) is 0 Å². The van der Waals surface area contributed by atoms with Crippen LogP contribution in [0, 0.1) is 22.7 Å². The van der Waals surface area contributed by atoms with Crippen molar-refractivity contribution in [3.63, 3.8) is 0 Å². The van der Waals surface area contributed by atoms with E-state index in [9.17, 15) is 0 Å². The Balaban J connectivity index is 2.47. The average molecular weight is 218 g/mol. The first-order valence-electron chi connectivity index (χ1n) is 6.64. The second kappa shape index (κ2) is 3.48. The van der Waals surface area contributed by atoms with Crippen LogP contribution in [-0.4, -0.2) is 0 Å². The first-order valence-corrected chi connectivity index (χ1v) is 6.64. The van der Waals surface area contributed by atoms with E-state index < -0.39 is 0 Å². The van der Waals surface area contributed by atoms with Crippen molar-refractivity contribution in [2.24, 2.45) is 22.7 Å². The molecule has 0 aromatic carbocycles. The number of allylic oxidation sites excluding steroid dienone is 4. The highest BCUT2D eigenvalue weighted by Crippen LogP contribution is 2.57. The summed E-state index contributed by atoms with van der Waals surface area (Å²) in [5.74, 6) is 1.55. The Morgan fingerprint density at radius 1 is 1.19 bits per heavy atom. The lowest BCUT2D eigenvalue weighted by molar-refractivity contribution is 0.0687. The Kier molecular flexibility index (Phi) is 2.60. The standard InChI is InChI=1S/C16H26/c1-11-7-8-13-14(9-11)16(5,6)12(2)10-15(13,3)4/h7,9,12-13H,8,10H2,1-6H3. The fourth-order valence-electron chi connectivity index (χ4n) is 3.68. The minimum Gasteiger partial charge on any atom is -0.0810 e. The van der Waals surface area contributed by atoms with Crippen LogP contribution in [0.15, 0.2) is 23.3 Å². The van der Waals surface area contributed by atoms with Gasteiger partial charge in [0.2, 0.25) is 0 Å². The summed E-state index contributed by atoms with van der Waals surface area (Å²) in [6, 6.07) is 0. The highest BCUT2D eigenvalue weighted by molar-refractivity contribution is 5.35. The maximum absolute atomic E-state index is 2.46. The van der Waals surface area contributed by atoms with Crippen LogP contribution in [0.25, 0.3) is 0 Å². The van der Waals surface area contributed by atoms with Crippen LogP contribution in [0.4, 0.5) is 0 Å². The zero-order valence-corrected chi connectivity index (χ0v) is 11.7. The Bertz CT molecular complexity index is 352. The van der Waals surface area contributed by atoms with E-state index in [4.69, 9.17) is 0 Å². The van der Waals surface area contributed by atoms with Gasteiger partial charge in [-0.2, -0.15) is 0 Å². The minimum atomic E-state index is 0.385. The summed E-state index contributed by atoms with van der Waals surface area (Å²) in [5.41, 5.74) is 4.02. The predicted molar refractivity (Wildman–Crippen MR) is 71.3 cm³/mol. The average Bonchev–Trinajstić information content (AvgIpc) is 2.14. The Morgan fingerprint density at radius 2 is 1.81 bits per heavy atom. The smallest absolute Gasteiger partial charge is 0.0108 e. The van der Waals surface area contributed by atoms with E-state index in [1.54, 1.807) is 5.57 Å². The number of rotatable bonds is 0. The van der Waals surface area contributed by atoms with E-state index in [-0.39, 0.29) is 0 Å². The molecule has 0 aromatic rings. The summed E-state index contributed by atoms with van der Waals surface area (Å²) in [6.07, 6.45) is 7.49. The molecule has 2 aliphatic carbocycles. The van der Waals surface area contributed by atoms with E-state index in [1.165, 1.54) is 18.4 Å². The fraction of sp³-hybridized carbons (Fsp3) is 0.750. The van der Waals surface area contributed by atoms with Gasteiger partial charge in [0.05, 0.1) is 0 Å². The molecule has 0 nitrogen and oxygen atoms in total. The quantitative estimate of drug-likeness (QED) is 0.538. The molecule has 0 aliphatic heterocycles. The Morgan fingerprint density at radius 3 is 2.44 bits per heavy atom. The van der Waals surface area contributed by atoms with Gasteiger partial charge in [0.25, 0.3) is 0 Å². The maximum atomic E-state index is 2.46. The van der Waals surface area contributed by atoms with Crippen molar-refractivity contribution >= 4 is 0 Å². The monoisotopic (exact) mass is 218 g/mol. The Labute approximate surface area is 101 Å². The lowest BCUT2D eigenvalue weighted by atomic mass is 9.52. The van der Waals surface area contributed by atoms with Gasteiger partial charge in [-0.15, -0.1) is 0 Å². The fourth-order valence-corrected chi connectivity index (χ4v) is 3.68. The third-order valence-electron chi connectivity index (χ3n) is 5.19. The molecule has 0 spiro atoms. The molecule has 0 heterocycles. The van der Waals surface area contributed by atoms with Crippen LogP contribution in [-0.2, 0) is 0 Å². The van der Waals surface area contributed by atoms with E-state index >= 15 is 0 Å². The summed E-state index contributed by atoms with van der Waals surface area (Å²) in [7, 11) is 0. The van der Waals surface area contributed by atoms with Crippen molar-refractivity contribution < 1.29 is 0 Å². The number of hydrogen-bond donors (Lipinski definition) is 0. The first-order chi connectivity index (χ1) is 7.25. The molecule has 2 rings (SSSR count). The van der Waals surface area contributed by atoms with Gasteiger partial charge in [0, 0.05) is 0 Å². The molecule has 1 saturated carbocycles. The van der Waals surface area contributed by atoms with Gasteiger partial charge in [0.1, 0.15) is 0 Å². The van der Waals surface area contributed by atoms with Gasteiger partial charge >= 0.3 is 0 Å². The van der Waals surface area contributed by atoms with Gasteiger partial charge in [-0.25, -0.2) is 0 Å². The molecule has 16 heavy (non-hydrogen) atoms. The summed E-state index contributed by atoms with van der Waals surface area (Å²) in [4.78, 5) is 0. The van der Waals surface area contributed by atoms with Crippen molar-refractivity contribution in [1.29, 1.82) is 0 Å². The zero-order valence-electron chi connectivity index (χ0n) is 11.7. The van der Waals surface area contributed by atoms with Gasteiger partial charge in [0.15, 0.2) is 0 Å². The van der Waals surface area contributed by atoms with Crippen LogP contribution < -0.4 is 0 Å². The van der Waals surface area contributed by atoms with Crippen molar-refractivity contribution in [3.05, 3.63) is 23.3 Å². The molecular weight excluding hydrogens is 192 g/mol. The zero-order chi connectivity index (χ0) is 12.1. The normalized spacial score (nSPS) is 36.1. The molecule has 0 radical (unpaired) electrons. The van der Waals surface area contributed by atoms with Crippen molar-refractivity contribution in [1.82, 2.24) is 0 Å². The molecular formula is C16H26. The summed E-state index contributed by atoms with van der Waals surface area (Å²) in [6.45, 7) is 14.4. The minimum absolute atomic E-state index is 0.385. The molecule has 2 unspecified atom stereocenters. The van der Waals surface area contributed by atoms with Crippen molar-refractivity contribution in [2.75, 3.05) is 0 Å². The van der Waals surface area contributed by atoms with E-state index in [0.717, 1.165) is 11.8 Å². The molecule has 2 atom stereocenters. The third-order valence-corrected chi connectivity index (χ3v) is 5.19. The molecule has 0 aromatic heterocycles. The summed E-state index contributed by atoms with van der Waals surface area (Å²) in [5, 5.41) is 0. The van der Waals surface area contributed by atoms with Crippen LogP contribution in [0.5, 0.6) is 0 Å². The molecule has 1 fully saturated rings. The highest BCUT2D eigenvalue weighted by Gasteiger charge is 2.47. The number of fused-ring (bicyclic) bond motifs is 1. The van der Waals surface area contributed by atoms with Crippen LogP contribution >= 0.6 is 0 Å². The topological polar surface area (TPSA) is 0 Å². The second-order valence-corrected chi connectivity index (χ2v) is 7.15. The third kappa shape index (κ3) is 1.67. The molecule has 90 valence electrons. The maximum Gasteiger partial charge on any atom is -0.0108 e. The second-order valence-electron chi connectivity index (χ2n) is 7.15.